The lowest BCUT2D eigenvalue weighted by Crippen LogP contribution is -2.01. The molecule has 0 saturated heterocycles. The van der Waals surface area contributed by atoms with Crippen LogP contribution in [0.25, 0.3) is 5.69 Å². The van der Waals surface area contributed by atoms with Crippen LogP contribution >= 0.6 is 15.9 Å². The molecule has 2 rings (SSSR count). The van der Waals surface area contributed by atoms with Crippen molar-refractivity contribution in [3.8, 4) is 5.69 Å². The molecule has 1 aromatic heterocycles. The molecule has 1 unspecified atom stereocenters. The average Bonchev–Trinajstić information content (AvgIpc) is 2.57. The van der Waals surface area contributed by atoms with E-state index in [0.717, 1.165) is 27.4 Å². The summed E-state index contributed by atoms with van der Waals surface area (Å²) in [5.41, 5.74) is 1.79. The predicted molar refractivity (Wildman–Crippen MR) is 69.2 cm³/mol. The molecule has 5 heteroatoms. The van der Waals surface area contributed by atoms with Gasteiger partial charge < -0.3 is 5.11 Å². The summed E-state index contributed by atoms with van der Waals surface area (Å²) in [6, 6.07) is 5.75. The van der Waals surface area contributed by atoms with E-state index < -0.39 is 6.10 Å². The Labute approximate surface area is 108 Å². The van der Waals surface area contributed by atoms with E-state index in [1.165, 1.54) is 0 Å². The fourth-order valence-corrected chi connectivity index (χ4v) is 2.45. The van der Waals surface area contributed by atoms with Gasteiger partial charge in [-0.3, -0.25) is 0 Å². The number of hydrogen-bond donors (Lipinski definition) is 1. The SMILES string of the molecule is Cc1nc(C)n(-c2ccc(C(C)O)c(Br)c2)n1. The van der Waals surface area contributed by atoms with Crippen LogP contribution in [0.1, 0.15) is 30.2 Å². The van der Waals surface area contributed by atoms with Gasteiger partial charge in [-0.15, -0.1) is 0 Å². The van der Waals surface area contributed by atoms with Gasteiger partial charge in [0.05, 0.1) is 11.8 Å². The molecule has 0 aliphatic carbocycles. The summed E-state index contributed by atoms with van der Waals surface area (Å²) in [7, 11) is 0. The Kier molecular flexibility index (Phi) is 3.31. The van der Waals surface area contributed by atoms with Crippen LogP contribution in [0.3, 0.4) is 0 Å². The molecule has 0 aliphatic rings. The number of rotatable bonds is 2. The van der Waals surface area contributed by atoms with Gasteiger partial charge in [-0.1, -0.05) is 22.0 Å². The Balaban J connectivity index is 2.48. The third kappa shape index (κ3) is 2.40. The fraction of sp³-hybridized carbons (Fsp3) is 0.333. The van der Waals surface area contributed by atoms with Crippen molar-refractivity contribution < 1.29 is 5.11 Å². The first-order chi connectivity index (χ1) is 7.99. The van der Waals surface area contributed by atoms with Gasteiger partial charge in [0.2, 0.25) is 0 Å². The second-order valence-electron chi connectivity index (χ2n) is 4.00. The lowest BCUT2D eigenvalue weighted by Gasteiger charge is -2.10. The average molecular weight is 296 g/mol. The number of aryl methyl sites for hydroxylation is 2. The quantitative estimate of drug-likeness (QED) is 0.927. The molecule has 0 saturated carbocycles. The highest BCUT2D eigenvalue weighted by atomic mass is 79.9. The maximum Gasteiger partial charge on any atom is 0.148 e. The zero-order chi connectivity index (χ0) is 12.6. The summed E-state index contributed by atoms with van der Waals surface area (Å²) >= 11 is 3.45. The maximum absolute atomic E-state index is 9.56. The molecule has 1 N–H and O–H groups in total. The van der Waals surface area contributed by atoms with Crippen molar-refractivity contribution >= 4 is 15.9 Å². The van der Waals surface area contributed by atoms with Crippen molar-refractivity contribution in [2.75, 3.05) is 0 Å². The molecular formula is C12H14BrN3O. The summed E-state index contributed by atoms with van der Waals surface area (Å²) in [5.74, 6) is 1.59. The summed E-state index contributed by atoms with van der Waals surface area (Å²) < 4.78 is 2.66. The maximum atomic E-state index is 9.56. The fourth-order valence-electron chi connectivity index (χ4n) is 1.75. The number of aliphatic hydroxyl groups excluding tert-OH is 1. The van der Waals surface area contributed by atoms with Gasteiger partial charge in [-0.05, 0) is 38.5 Å². The van der Waals surface area contributed by atoms with Gasteiger partial charge in [-0.25, -0.2) is 9.67 Å². The van der Waals surface area contributed by atoms with Crippen LogP contribution < -0.4 is 0 Å². The Morgan fingerprint density at radius 3 is 2.53 bits per heavy atom. The van der Waals surface area contributed by atoms with Crippen LogP contribution in [0.5, 0.6) is 0 Å². The molecule has 0 radical (unpaired) electrons. The van der Waals surface area contributed by atoms with E-state index in [1.54, 1.807) is 11.6 Å². The van der Waals surface area contributed by atoms with Crippen LogP contribution in [0.15, 0.2) is 22.7 Å². The first-order valence-corrected chi connectivity index (χ1v) is 6.16. The predicted octanol–water partition coefficient (Wildman–Crippen LogP) is 2.70. The summed E-state index contributed by atoms with van der Waals surface area (Å²) in [6.07, 6.45) is -0.489. The highest BCUT2D eigenvalue weighted by molar-refractivity contribution is 9.10. The largest absolute Gasteiger partial charge is 0.389 e. The summed E-state index contributed by atoms with van der Waals surface area (Å²) in [5, 5.41) is 13.9. The molecule has 1 heterocycles. The number of hydrogen-bond acceptors (Lipinski definition) is 3. The molecule has 0 fully saturated rings. The summed E-state index contributed by atoms with van der Waals surface area (Å²) in [4.78, 5) is 4.26. The van der Waals surface area contributed by atoms with E-state index in [9.17, 15) is 5.11 Å². The highest BCUT2D eigenvalue weighted by Gasteiger charge is 2.10. The molecule has 90 valence electrons. The lowest BCUT2D eigenvalue weighted by atomic mass is 10.1. The van der Waals surface area contributed by atoms with E-state index in [4.69, 9.17) is 0 Å². The molecule has 0 amide bonds. The molecule has 17 heavy (non-hydrogen) atoms. The molecule has 2 aromatic rings. The van der Waals surface area contributed by atoms with E-state index in [0.29, 0.717) is 0 Å². The first-order valence-electron chi connectivity index (χ1n) is 5.37. The third-order valence-corrected chi connectivity index (χ3v) is 3.24. The van der Waals surface area contributed by atoms with Gasteiger partial charge in [0, 0.05) is 4.47 Å². The summed E-state index contributed by atoms with van der Waals surface area (Å²) in [6.45, 7) is 5.52. The van der Waals surface area contributed by atoms with E-state index in [-0.39, 0.29) is 0 Å². The lowest BCUT2D eigenvalue weighted by molar-refractivity contribution is 0.198. The second-order valence-corrected chi connectivity index (χ2v) is 4.85. The van der Waals surface area contributed by atoms with E-state index in [1.807, 2.05) is 32.0 Å². The van der Waals surface area contributed by atoms with Gasteiger partial charge in [0.25, 0.3) is 0 Å². The Morgan fingerprint density at radius 1 is 1.35 bits per heavy atom. The van der Waals surface area contributed by atoms with Gasteiger partial charge in [0.15, 0.2) is 0 Å². The number of benzene rings is 1. The highest BCUT2D eigenvalue weighted by Crippen LogP contribution is 2.26. The zero-order valence-electron chi connectivity index (χ0n) is 9.98. The molecule has 1 aromatic carbocycles. The van der Waals surface area contributed by atoms with Gasteiger partial charge >= 0.3 is 0 Å². The molecule has 0 bridgehead atoms. The van der Waals surface area contributed by atoms with Crippen LogP contribution in [-0.2, 0) is 0 Å². The minimum Gasteiger partial charge on any atom is -0.389 e. The standard InChI is InChI=1S/C12H14BrN3O/c1-7(17)11-5-4-10(6-12(11)13)16-9(3)14-8(2)15-16/h4-7,17H,1-3H3. The number of halogens is 1. The molecular weight excluding hydrogens is 282 g/mol. The normalized spacial score (nSPS) is 12.8. The van der Waals surface area contributed by atoms with Crippen LogP contribution in [0.4, 0.5) is 0 Å². The molecule has 1 atom stereocenters. The Hall–Kier alpha value is -1.20. The topological polar surface area (TPSA) is 50.9 Å². The van der Waals surface area contributed by atoms with Crippen molar-refractivity contribution in [3.63, 3.8) is 0 Å². The van der Waals surface area contributed by atoms with Gasteiger partial charge in [0.1, 0.15) is 11.6 Å². The third-order valence-electron chi connectivity index (χ3n) is 2.55. The minimum absolute atomic E-state index is 0.489. The van der Waals surface area contributed by atoms with Gasteiger partial charge in [-0.2, -0.15) is 5.10 Å². The zero-order valence-corrected chi connectivity index (χ0v) is 11.6. The van der Waals surface area contributed by atoms with Crippen molar-refractivity contribution in [1.82, 2.24) is 14.8 Å². The Bertz CT molecular complexity index is 549. The van der Waals surface area contributed by atoms with E-state index in [2.05, 4.69) is 26.0 Å². The van der Waals surface area contributed by atoms with Crippen LogP contribution in [-0.4, -0.2) is 19.9 Å². The number of aliphatic hydroxyl groups is 1. The first kappa shape index (κ1) is 12.3. The monoisotopic (exact) mass is 295 g/mol. The molecule has 4 nitrogen and oxygen atoms in total. The van der Waals surface area contributed by atoms with E-state index >= 15 is 0 Å². The van der Waals surface area contributed by atoms with Crippen molar-refractivity contribution in [2.24, 2.45) is 0 Å². The van der Waals surface area contributed by atoms with Crippen molar-refractivity contribution in [3.05, 3.63) is 39.9 Å². The molecule has 0 spiro atoms. The van der Waals surface area contributed by atoms with Crippen LogP contribution in [0.2, 0.25) is 0 Å². The minimum atomic E-state index is -0.489. The number of nitrogens with zero attached hydrogens (tertiary/aromatic N) is 3. The van der Waals surface area contributed by atoms with Crippen LogP contribution in [0, 0.1) is 13.8 Å². The smallest absolute Gasteiger partial charge is 0.148 e. The Morgan fingerprint density at radius 2 is 2.06 bits per heavy atom. The molecule has 0 aliphatic heterocycles. The van der Waals surface area contributed by atoms with Crippen molar-refractivity contribution in [1.29, 1.82) is 0 Å². The number of aromatic nitrogens is 3. The second kappa shape index (κ2) is 4.58. The van der Waals surface area contributed by atoms with Crippen molar-refractivity contribution in [2.45, 2.75) is 26.9 Å².